The maximum absolute atomic E-state index is 12.6. The summed E-state index contributed by atoms with van der Waals surface area (Å²) in [6.45, 7) is 1.62. The Balaban J connectivity index is 1.36. The van der Waals surface area contributed by atoms with Crippen LogP contribution in [0.3, 0.4) is 0 Å². The van der Waals surface area contributed by atoms with E-state index < -0.39 is 11.7 Å². The molecule has 158 valence electrons. The van der Waals surface area contributed by atoms with Crippen molar-refractivity contribution in [3.8, 4) is 0 Å². The average molecular weight is 425 g/mol. The zero-order valence-corrected chi connectivity index (χ0v) is 16.3. The summed E-state index contributed by atoms with van der Waals surface area (Å²) in [5.74, 6) is 0. The highest BCUT2D eigenvalue weighted by Crippen LogP contribution is 2.31. The Hall–Kier alpha value is -3.59. The highest BCUT2D eigenvalue weighted by Gasteiger charge is 2.29. The van der Waals surface area contributed by atoms with E-state index in [0.29, 0.717) is 22.7 Å². The molecule has 0 radical (unpaired) electrons. The average Bonchev–Trinajstić information content (AvgIpc) is 3.32. The van der Waals surface area contributed by atoms with E-state index in [4.69, 9.17) is 4.84 Å². The normalized spacial score (nSPS) is 14.7. The molecule has 0 aromatic heterocycles. The molecule has 1 heterocycles. The quantitative estimate of drug-likeness (QED) is 0.394. The summed E-state index contributed by atoms with van der Waals surface area (Å²) in [4.78, 5) is 5.50. The number of nitrogens with zero attached hydrogens (tertiary/aromatic N) is 5. The Labute approximate surface area is 176 Å². The molecule has 31 heavy (non-hydrogen) atoms. The Kier molecular flexibility index (Phi) is 6.03. The molecule has 0 bridgehead atoms. The minimum absolute atomic E-state index is 0.333. The molecule has 1 fully saturated rings. The molecule has 1 saturated heterocycles. The zero-order valence-electron chi connectivity index (χ0n) is 16.3. The molecule has 0 aliphatic carbocycles. The van der Waals surface area contributed by atoms with Crippen LogP contribution in [0, 0.1) is 0 Å². The van der Waals surface area contributed by atoms with Crippen molar-refractivity contribution >= 4 is 28.4 Å². The first-order chi connectivity index (χ1) is 15.0. The van der Waals surface area contributed by atoms with Crippen molar-refractivity contribution in [1.82, 2.24) is 0 Å². The van der Waals surface area contributed by atoms with Gasteiger partial charge in [-0.15, -0.1) is 0 Å². The van der Waals surface area contributed by atoms with E-state index in [0.717, 1.165) is 37.4 Å². The van der Waals surface area contributed by atoms with Gasteiger partial charge in [0.05, 0.1) is 40.6 Å². The Bertz CT molecular complexity index is 1060. The standard InChI is InChI=1S/C22H18F3N5O/c23-22(24,25)16-2-4-17(5-3-16)26-27-18-6-8-19(9-7-18)28-29-20-10-12-21(13-11-20)30-14-1-15-31-30/h2-13H,1,14-15H2. The number of hydroxylamine groups is 1. The summed E-state index contributed by atoms with van der Waals surface area (Å²) in [7, 11) is 0. The molecular weight excluding hydrogens is 407 g/mol. The third-order valence-corrected chi connectivity index (χ3v) is 4.50. The lowest BCUT2D eigenvalue weighted by atomic mass is 10.2. The molecule has 0 atom stereocenters. The van der Waals surface area contributed by atoms with Gasteiger partial charge in [0, 0.05) is 6.54 Å². The first-order valence-electron chi connectivity index (χ1n) is 9.59. The highest BCUT2D eigenvalue weighted by molar-refractivity contribution is 5.52. The largest absolute Gasteiger partial charge is 0.416 e. The molecule has 3 aromatic carbocycles. The number of azo groups is 2. The zero-order chi connectivity index (χ0) is 21.7. The van der Waals surface area contributed by atoms with Crippen molar-refractivity contribution in [3.05, 3.63) is 78.4 Å². The Morgan fingerprint density at radius 1 is 0.645 bits per heavy atom. The number of alkyl halides is 3. The summed E-state index contributed by atoms with van der Waals surface area (Å²) < 4.78 is 37.8. The van der Waals surface area contributed by atoms with Gasteiger partial charge in [-0.05, 0) is 79.2 Å². The fourth-order valence-electron chi connectivity index (χ4n) is 2.87. The van der Waals surface area contributed by atoms with Crippen molar-refractivity contribution in [2.75, 3.05) is 18.2 Å². The van der Waals surface area contributed by atoms with Crippen LogP contribution in [-0.4, -0.2) is 13.2 Å². The van der Waals surface area contributed by atoms with Gasteiger partial charge in [-0.2, -0.15) is 33.6 Å². The summed E-state index contributed by atoms with van der Waals surface area (Å²) >= 11 is 0. The van der Waals surface area contributed by atoms with E-state index in [9.17, 15) is 13.2 Å². The van der Waals surface area contributed by atoms with Crippen molar-refractivity contribution in [2.24, 2.45) is 20.5 Å². The summed E-state index contributed by atoms with van der Waals surface area (Å²) in [6.07, 6.45) is -3.36. The van der Waals surface area contributed by atoms with Gasteiger partial charge >= 0.3 is 6.18 Å². The minimum Gasteiger partial charge on any atom is -0.273 e. The van der Waals surface area contributed by atoms with Gasteiger partial charge in [0.25, 0.3) is 0 Å². The third kappa shape index (κ3) is 5.52. The lowest BCUT2D eigenvalue weighted by Gasteiger charge is -2.15. The second-order valence-corrected chi connectivity index (χ2v) is 6.77. The summed E-state index contributed by atoms with van der Waals surface area (Å²) in [5, 5.41) is 18.3. The topological polar surface area (TPSA) is 61.9 Å². The smallest absolute Gasteiger partial charge is 0.273 e. The van der Waals surface area contributed by atoms with E-state index in [1.165, 1.54) is 12.1 Å². The van der Waals surface area contributed by atoms with Crippen molar-refractivity contribution in [1.29, 1.82) is 0 Å². The van der Waals surface area contributed by atoms with Gasteiger partial charge in [-0.25, -0.2) is 0 Å². The Morgan fingerprint density at radius 2 is 1.06 bits per heavy atom. The van der Waals surface area contributed by atoms with Crippen molar-refractivity contribution in [2.45, 2.75) is 12.6 Å². The monoisotopic (exact) mass is 425 g/mol. The lowest BCUT2D eigenvalue weighted by molar-refractivity contribution is -0.137. The van der Waals surface area contributed by atoms with E-state index >= 15 is 0 Å². The van der Waals surface area contributed by atoms with Crippen LogP contribution in [0.25, 0.3) is 0 Å². The number of hydrogen-bond donors (Lipinski definition) is 0. The molecule has 0 amide bonds. The molecule has 1 aliphatic rings. The summed E-state index contributed by atoms with van der Waals surface area (Å²) in [6, 6.07) is 19.0. The van der Waals surface area contributed by atoms with Gasteiger partial charge in [0.1, 0.15) is 0 Å². The maximum atomic E-state index is 12.6. The molecule has 0 saturated carbocycles. The number of rotatable bonds is 5. The van der Waals surface area contributed by atoms with E-state index in [1.807, 2.05) is 29.3 Å². The van der Waals surface area contributed by atoms with Gasteiger partial charge in [0.15, 0.2) is 0 Å². The molecule has 9 heteroatoms. The second-order valence-electron chi connectivity index (χ2n) is 6.77. The summed E-state index contributed by atoms with van der Waals surface area (Å²) in [5.41, 5.74) is 2.50. The fourth-order valence-corrected chi connectivity index (χ4v) is 2.87. The van der Waals surface area contributed by atoms with Gasteiger partial charge in [-0.1, -0.05) is 0 Å². The van der Waals surface area contributed by atoms with Gasteiger partial charge in [-0.3, -0.25) is 9.90 Å². The van der Waals surface area contributed by atoms with Crippen LogP contribution < -0.4 is 5.06 Å². The highest BCUT2D eigenvalue weighted by atomic mass is 19.4. The van der Waals surface area contributed by atoms with E-state index in [-0.39, 0.29) is 0 Å². The number of hydrogen-bond acceptors (Lipinski definition) is 6. The molecule has 6 nitrogen and oxygen atoms in total. The van der Waals surface area contributed by atoms with Crippen LogP contribution in [0.15, 0.2) is 93.3 Å². The molecule has 4 rings (SSSR count). The molecule has 0 N–H and O–H groups in total. The number of halogens is 3. The molecule has 0 spiro atoms. The first-order valence-corrected chi connectivity index (χ1v) is 9.59. The van der Waals surface area contributed by atoms with Crippen LogP contribution in [0.1, 0.15) is 12.0 Å². The third-order valence-electron chi connectivity index (χ3n) is 4.50. The van der Waals surface area contributed by atoms with Crippen LogP contribution in [0.2, 0.25) is 0 Å². The SMILES string of the molecule is FC(F)(F)c1ccc(N=Nc2ccc(N=Nc3ccc(N4CCCO4)cc3)cc2)cc1. The van der Waals surface area contributed by atoms with Crippen LogP contribution in [0.4, 0.5) is 41.6 Å². The van der Waals surface area contributed by atoms with Crippen LogP contribution in [0.5, 0.6) is 0 Å². The molecule has 1 aliphatic heterocycles. The van der Waals surface area contributed by atoms with Gasteiger partial charge < -0.3 is 0 Å². The van der Waals surface area contributed by atoms with E-state index in [1.54, 1.807) is 24.3 Å². The van der Waals surface area contributed by atoms with Crippen molar-refractivity contribution < 1.29 is 18.0 Å². The van der Waals surface area contributed by atoms with Crippen molar-refractivity contribution in [3.63, 3.8) is 0 Å². The van der Waals surface area contributed by atoms with Crippen LogP contribution in [-0.2, 0) is 11.0 Å². The fraction of sp³-hybridized carbons (Fsp3) is 0.182. The Morgan fingerprint density at radius 3 is 1.45 bits per heavy atom. The predicted molar refractivity (Wildman–Crippen MR) is 111 cm³/mol. The minimum atomic E-state index is -4.37. The molecular formula is C22H18F3N5O. The molecule has 0 unspecified atom stereocenters. The predicted octanol–water partition coefficient (Wildman–Crippen LogP) is 7.68. The lowest BCUT2D eigenvalue weighted by Crippen LogP contribution is -2.15. The van der Waals surface area contributed by atoms with Crippen LogP contribution >= 0.6 is 0 Å². The molecule has 3 aromatic rings. The second kappa shape index (κ2) is 9.05. The van der Waals surface area contributed by atoms with Gasteiger partial charge in [0.2, 0.25) is 0 Å². The first kappa shape index (κ1) is 20.7. The number of anilines is 1. The number of benzene rings is 3. The maximum Gasteiger partial charge on any atom is 0.416 e. The van der Waals surface area contributed by atoms with E-state index in [2.05, 4.69) is 20.5 Å².